The first-order chi connectivity index (χ1) is 7.91. The minimum absolute atomic E-state index is 0.119. The normalized spacial score (nSPS) is 12.4. The van der Waals surface area contributed by atoms with Gasteiger partial charge in [-0.15, -0.1) is 0 Å². The van der Waals surface area contributed by atoms with Gasteiger partial charge in [-0.25, -0.2) is 0 Å². The van der Waals surface area contributed by atoms with Crippen molar-refractivity contribution in [2.45, 2.75) is 26.5 Å². The Morgan fingerprint density at radius 3 is 2.41 bits per heavy atom. The molecule has 0 aromatic heterocycles. The average Bonchev–Trinajstić information content (AvgIpc) is 2.25. The molecule has 1 amide bonds. The maximum atomic E-state index is 10.6. The number of phenolic OH excluding ortho intramolecular Hbond substituents is 1. The van der Waals surface area contributed by atoms with Crippen molar-refractivity contribution in [1.29, 1.82) is 0 Å². The highest BCUT2D eigenvalue weighted by molar-refractivity contribution is 5.78. The van der Waals surface area contributed by atoms with Gasteiger partial charge in [-0.3, -0.25) is 4.79 Å². The zero-order valence-corrected chi connectivity index (χ0v) is 10.0. The maximum Gasteiger partial charge on any atom is 0.247 e. The summed E-state index contributed by atoms with van der Waals surface area (Å²) in [5.41, 5.74) is 7.51. The Morgan fingerprint density at radius 1 is 1.41 bits per heavy atom. The summed E-state index contributed by atoms with van der Waals surface area (Å²) in [6.45, 7) is 4.27. The van der Waals surface area contributed by atoms with Gasteiger partial charge >= 0.3 is 0 Å². The van der Waals surface area contributed by atoms with E-state index in [2.05, 4.69) is 5.32 Å². The van der Waals surface area contributed by atoms with Crippen molar-refractivity contribution in [3.05, 3.63) is 28.8 Å². The zero-order chi connectivity index (χ0) is 13.0. The van der Waals surface area contributed by atoms with Crippen LogP contribution in [0.15, 0.2) is 12.1 Å². The first kappa shape index (κ1) is 13.5. The number of carbonyl (C=O) groups excluding carboxylic acids is 1. The summed E-state index contributed by atoms with van der Waals surface area (Å²) in [5.74, 6) is -0.443. The SMILES string of the molecule is Cc1cc(CNCC(O)C(N)=O)cc(C)c1O. The second-order valence-electron chi connectivity index (χ2n) is 4.13. The number of nitrogens with two attached hydrogens (primary N) is 1. The molecule has 0 saturated carbocycles. The van der Waals surface area contributed by atoms with Gasteiger partial charge in [0.15, 0.2) is 0 Å². The lowest BCUT2D eigenvalue weighted by Crippen LogP contribution is -2.37. The minimum Gasteiger partial charge on any atom is -0.507 e. The molecule has 0 fully saturated rings. The third kappa shape index (κ3) is 3.72. The number of hydrogen-bond donors (Lipinski definition) is 4. The van der Waals surface area contributed by atoms with Crippen LogP contribution in [0.2, 0.25) is 0 Å². The van der Waals surface area contributed by atoms with Crippen LogP contribution < -0.4 is 11.1 Å². The summed E-state index contributed by atoms with van der Waals surface area (Å²) < 4.78 is 0. The van der Waals surface area contributed by atoms with Crippen molar-refractivity contribution in [2.24, 2.45) is 5.73 Å². The van der Waals surface area contributed by atoms with E-state index in [1.807, 2.05) is 26.0 Å². The van der Waals surface area contributed by atoms with Crippen LogP contribution in [0.4, 0.5) is 0 Å². The largest absolute Gasteiger partial charge is 0.507 e. The minimum atomic E-state index is -1.17. The number of hydrogen-bond acceptors (Lipinski definition) is 4. The highest BCUT2D eigenvalue weighted by Gasteiger charge is 2.10. The second kappa shape index (κ2) is 5.65. The predicted octanol–water partition coefficient (Wildman–Crippen LogP) is -0.0552. The van der Waals surface area contributed by atoms with Gasteiger partial charge in [-0.2, -0.15) is 0 Å². The Bertz CT molecular complexity index is 395. The average molecular weight is 238 g/mol. The first-order valence-corrected chi connectivity index (χ1v) is 5.39. The number of primary amides is 1. The number of aryl methyl sites for hydroxylation is 2. The van der Waals surface area contributed by atoms with Gasteiger partial charge in [-0.1, -0.05) is 12.1 Å². The van der Waals surface area contributed by atoms with E-state index in [4.69, 9.17) is 5.73 Å². The van der Waals surface area contributed by atoms with Gasteiger partial charge in [0.25, 0.3) is 0 Å². The van der Waals surface area contributed by atoms with Crippen LogP contribution >= 0.6 is 0 Å². The summed E-state index contributed by atoms with van der Waals surface area (Å²) in [6.07, 6.45) is -1.17. The molecule has 0 aliphatic heterocycles. The highest BCUT2D eigenvalue weighted by Crippen LogP contribution is 2.22. The van der Waals surface area contributed by atoms with Crippen LogP contribution in [-0.2, 0) is 11.3 Å². The molecule has 0 saturated heterocycles. The molecule has 1 aromatic carbocycles. The third-order valence-corrected chi connectivity index (χ3v) is 2.55. The van der Waals surface area contributed by atoms with Gasteiger partial charge in [-0.05, 0) is 30.5 Å². The number of aliphatic hydroxyl groups excluding tert-OH is 1. The van der Waals surface area contributed by atoms with E-state index in [0.29, 0.717) is 12.3 Å². The van der Waals surface area contributed by atoms with Crippen LogP contribution in [0.25, 0.3) is 0 Å². The maximum absolute atomic E-state index is 10.6. The van der Waals surface area contributed by atoms with Crippen molar-refractivity contribution in [2.75, 3.05) is 6.54 Å². The van der Waals surface area contributed by atoms with Crippen molar-refractivity contribution < 1.29 is 15.0 Å². The van der Waals surface area contributed by atoms with E-state index in [-0.39, 0.29) is 6.54 Å². The van der Waals surface area contributed by atoms with Gasteiger partial charge in [0.05, 0.1) is 0 Å². The first-order valence-electron chi connectivity index (χ1n) is 5.39. The van der Waals surface area contributed by atoms with Gasteiger partial charge in [0.1, 0.15) is 11.9 Å². The zero-order valence-electron chi connectivity index (χ0n) is 10.0. The number of aliphatic hydroxyl groups is 1. The standard InChI is InChI=1S/C12H18N2O3/c1-7-3-9(4-8(2)11(7)16)5-14-6-10(15)12(13)17/h3-4,10,14-16H,5-6H2,1-2H3,(H2,13,17). The molecule has 94 valence electrons. The molecule has 0 heterocycles. The number of phenols is 1. The number of benzene rings is 1. The summed E-state index contributed by atoms with van der Waals surface area (Å²) >= 11 is 0. The van der Waals surface area contributed by atoms with Crippen LogP contribution in [-0.4, -0.2) is 28.8 Å². The van der Waals surface area contributed by atoms with Crippen molar-refractivity contribution >= 4 is 5.91 Å². The Kier molecular flexibility index (Phi) is 4.48. The Labute approximate surface area is 100 Å². The summed E-state index contributed by atoms with van der Waals surface area (Å²) in [5, 5.41) is 21.7. The number of carbonyl (C=O) groups is 1. The molecular weight excluding hydrogens is 220 g/mol. The summed E-state index contributed by atoms with van der Waals surface area (Å²) in [7, 11) is 0. The fraction of sp³-hybridized carbons (Fsp3) is 0.417. The molecule has 1 atom stereocenters. The Morgan fingerprint density at radius 2 is 1.94 bits per heavy atom. The van der Waals surface area contributed by atoms with E-state index < -0.39 is 12.0 Å². The quantitative estimate of drug-likeness (QED) is 0.578. The molecule has 0 spiro atoms. The number of aromatic hydroxyl groups is 1. The van der Waals surface area contributed by atoms with Crippen molar-refractivity contribution in [1.82, 2.24) is 5.32 Å². The Hall–Kier alpha value is -1.59. The van der Waals surface area contributed by atoms with Crippen molar-refractivity contribution in [3.8, 4) is 5.75 Å². The molecule has 1 aromatic rings. The molecule has 0 aliphatic carbocycles. The van der Waals surface area contributed by atoms with E-state index in [1.165, 1.54) is 0 Å². The van der Waals surface area contributed by atoms with E-state index in [0.717, 1.165) is 16.7 Å². The third-order valence-electron chi connectivity index (χ3n) is 2.55. The van der Waals surface area contributed by atoms with Crippen LogP contribution in [0.5, 0.6) is 5.75 Å². The van der Waals surface area contributed by atoms with Crippen LogP contribution in [0.3, 0.4) is 0 Å². The highest BCUT2D eigenvalue weighted by atomic mass is 16.3. The smallest absolute Gasteiger partial charge is 0.247 e. The van der Waals surface area contributed by atoms with E-state index in [9.17, 15) is 15.0 Å². The van der Waals surface area contributed by atoms with Crippen LogP contribution in [0.1, 0.15) is 16.7 Å². The summed E-state index contributed by atoms with van der Waals surface area (Å²) in [4.78, 5) is 10.6. The van der Waals surface area contributed by atoms with Gasteiger partial charge < -0.3 is 21.3 Å². The van der Waals surface area contributed by atoms with E-state index in [1.54, 1.807) is 0 Å². The molecular formula is C12H18N2O3. The molecule has 0 bridgehead atoms. The van der Waals surface area contributed by atoms with E-state index >= 15 is 0 Å². The lowest BCUT2D eigenvalue weighted by molar-refractivity contribution is -0.125. The lowest BCUT2D eigenvalue weighted by Gasteiger charge is -2.10. The second-order valence-corrected chi connectivity index (χ2v) is 4.13. The molecule has 5 nitrogen and oxygen atoms in total. The number of amides is 1. The van der Waals surface area contributed by atoms with Crippen LogP contribution in [0, 0.1) is 13.8 Å². The molecule has 0 radical (unpaired) electrons. The molecule has 5 heteroatoms. The number of nitrogens with one attached hydrogen (secondary N) is 1. The summed E-state index contributed by atoms with van der Waals surface area (Å²) in [6, 6.07) is 3.71. The van der Waals surface area contributed by atoms with Crippen molar-refractivity contribution in [3.63, 3.8) is 0 Å². The fourth-order valence-electron chi connectivity index (χ4n) is 1.60. The fourth-order valence-corrected chi connectivity index (χ4v) is 1.60. The topological polar surface area (TPSA) is 95.6 Å². The molecule has 1 unspecified atom stereocenters. The Balaban J connectivity index is 2.56. The molecule has 1 rings (SSSR count). The van der Waals surface area contributed by atoms with Gasteiger partial charge in [0, 0.05) is 13.1 Å². The molecule has 17 heavy (non-hydrogen) atoms. The van der Waals surface area contributed by atoms with Gasteiger partial charge in [0.2, 0.25) is 5.91 Å². The predicted molar refractivity (Wildman–Crippen MR) is 64.5 cm³/mol. The number of rotatable bonds is 5. The molecule has 5 N–H and O–H groups in total. The molecule has 0 aliphatic rings. The monoisotopic (exact) mass is 238 g/mol. The lowest BCUT2D eigenvalue weighted by atomic mass is 10.1.